The summed E-state index contributed by atoms with van der Waals surface area (Å²) in [6.45, 7) is -0.337. The van der Waals surface area contributed by atoms with Gasteiger partial charge in [0.25, 0.3) is 0 Å². The lowest BCUT2D eigenvalue weighted by molar-refractivity contribution is 0.0985. The predicted octanol–water partition coefficient (Wildman–Crippen LogP) is 0.811. The molecule has 5 heteroatoms. The molecule has 0 unspecified atom stereocenters. The lowest BCUT2D eigenvalue weighted by Gasteiger charge is -2.02. The number of aryl methyl sites for hydroxylation is 1. The van der Waals surface area contributed by atoms with Crippen molar-refractivity contribution in [1.82, 2.24) is 14.8 Å². The van der Waals surface area contributed by atoms with E-state index in [-0.39, 0.29) is 6.79 Å². The molecule has 0 aliphatic rings. The Bertz CT molecular complexity index is 453. The molecule has 2 heterocycles. The minimum absolute atomic E-state index is 0.337. The fraction of sp³-hybridized carbons (Fsp3) is 0.200. The van der Waals surface area contributed by atoms with Crippen LogP contribution in [0.5, 0.6) is 5.75 Å². The maximum absolute atomic E-state index is 8.63. The van der Waals surface area contributed by atoms with Crippen molar-refractivity contribution in [2.75, 3.05) is 6.79 Å². The van der Waals surface area contributed by atoms with Gasteiger partial charge in [0.2, 0.25) is 0 Å². The maximum atomic E-state index is 8.63. The highest BCUT2D eigenvalue weighted by Gasteiger charge is 2.03. The molecule has 0 fully saturated rings. The Morgan fingerprint density at radius 3 is 3.07 bits per heavy atom. The van der Waals surface area contributed by atoms with Crippen molar-refractivity contribution in [2.24, 2.45) is 7.05 Å². The van der Waals surface area contributed by atoms with Crippen LogP contribution >= 0.6 is 0 Å². The quantitative estimate of drug-likeness (QED) is 0.753. The van der Waals surface area contributed by atoms with E-state index in [1.54, 1.807) is 29.2 Å². The van der Waals surface area contributed by atoms with Crippen LogP contribution < -0.4 is 4.74 Å². The van der Waals surface area contributed by atoms with Crippen LogP contribution in [0.4, 0.5) is 0 Å². The summed E-state index contributed by atoms with van der Waals surface area (Å²) in [6, 6.07) is 3.45. The van der Waals surface area contributed by atoms with Crippen LogP contribution in [-0.2, 0) is 7.05 Å². The van der Waals surface area contributed by atoms with Gasteiger partial charge in [0.05, 0.1) is 11.9 Å². The summed E-state index contributed by atoms with van der Waals surface area (Å²) in [5.74, 6) is 0.589. The van der Waals surface area contributed by atoms with Crippen LogP contribution in [0.15, 0.2) is 30.7 Å². The third-order valence-corrected chi connectivity index (χ3v) is 1.96. The number of aliphatic hydroxyl groups excluding tert-OH is 1. The van der Waals surface area contributed by atoms with Crippen LogP contribution in [-0.4, -0.2) is 26.7 Å². The highest BCUT2D eigenvalue weighted by Crippen LogP contribution is 2.20. The molecule has 1 N–H and O–H groups in total. The SMILES string of the molecule is Cn1cc(-c2cc(OCO)ccn2)cn1. The summed E-state index contributed by atoms with van der Waals surface area (Å²) in [7, 11) is 1.84. The van der Waals surface area contributed by atoms with Gasteiger partial charge in [-0.15, -0.1) is 0 Å². The molecule has 0 saturated carbocycles. The van der Waals surface area contributed by atoms with E-state index in [0.717, 1.165) is 11.3 Å². The second kappa shape index (κ2) is 4.10. The van der Waals surface area contributed by atoms with Gasteiger partial charge >= 0.3 is 0 Å². The molecule has 2 aromatic rings. The van der Waals surface area contributed by atoms with Gasteiger partial charge in [-0.2, -0.15) is 5.10 Å². The summed E-state index contributed by atoms with van der Waals surface area (Å²) in [5.41, 5.74) is 1.69. The number of nitrogens with zero attached hydrogens (tertiary/aromatic N) is 3. The number of hydrogen-bond acceptors (Lipinski definition) is 4. The molecule has 15 heavy (non-hydrogen) atoms. The number of aliphatic hydroxyl groups is 1. The van der Waals surface area contributed by atoms with E-state index in [1.165, 1.54) is 0 Å². The van der Waals surface area contributed by atoms with Crippen LogP contribution in [0.3, 0.4) is 0 Å². The van der Waals surface area contributed by atoms with Gasteiger partial charge < -0.3 is 9.84 Å². The van der Waals surface area contributed by atoms with Crippen molar-refractivity contribution in [3.05, 3.63) is 30.7 Å². The van der Waals surface area contributed by atoms with Crippen LogP contribution in [0.1, 0.15) is 0 Å². The number of rotatable bonds is 3. The van der Waals surface area contributed by atoms with E-state index >= 15 is 0 Å². The minimum atomic E-state index is -0.337. The fourth-order valence-corrected chi connectivity index (χ4v) is 1.29. The van der Waals surface area contributed by atoms with E-state index in [0.29, 0.717) is 5.75 Å². The molecule has 0 aliphatic carbocycles. The highest BCUT2D eigenvalue weighted by atomic mass is 16.6. The molecule has 0 amide bonds. The van der Waals surface area contributed by atoms with Gasteiger partial charge in [-0.3, -0.25) is 9.67 Å². The van der Waals surface area contributed by atoms with Crippen molar-refractivity contribution in [3.8, 4) is 17.0 Å². The second-order valence-corrected chi connectivity index (χ2v) is 3.05. The molecule has 0 spiro atoms. The van der Waals surface area contributed by atoms with Crippen molar-refractivity contribution < 1.29 is 9.84 Å². The van der Waals surface area contributed by atoms with Gasteiger partial charge in [-0.1, -0.05) is 0 Å². The molecule has 0 aromatic carbocycles. The van der Waals surface area contributed by atoms with Gasteiger partial charge in [0.1, 0.15) is 5.75 Å². The van der Waals surface area contributed by atoms with E-state index in [9.17, 15) is 0 Å². The third kappa shape index (κ3) is 2.13. The lowest BCUT2D eigenvalue weighted by Crippen LogP contribution is -1.95. The Balaban J connectivity index is 2.32. The molecule has 0 aliphatic heterocycles. The Hall–Kier alpha value is -1.88. The molecule has 0 bridgehead atoms. The molecule has 78 valence electrons. The summed E-state index contributed by atoms with van der Waals surface area (Å²) in [6.07, 6.45) is 5.23. The molecular weight excluding hydrogens is 194 g/mol. The Morgan fingerprint density at radius 1 is 1.53 bits per heavy atom. The molecule has 5 nitrogen and oxygen atoms in total. The van der Waals surface area contributed by atoms with Crippen LogP contribution in [0.2, 0.25) is 0 Å². The molecule has 0 radical (unpaired) electrons. The number of hydrogen-bond donors (Lipinski definition) is 1. The first kappa shape index (κ1) is 9.67. The molecule has 0 atom stereocenters. The van der Waals surface area contributed by atoms with Gasteiger partial charge in [-0.25, -0.2) is 0 Å². The first-order valence-corrected chi connectivity index (χ1v) is 4.48. The maximum Gasteiger partial charge on any atom is 0.186 e. The largest absolute Gasteiger partial charge is 0.468 e. The average molecular weight is 205 g/mol. The summed E-state index contributed by atoms with van der Waals surface area (Å²) in [5, 5.41) is 12.7. The molecule has 0 saturated heterocycles. The van der Waals surface area contributed by atoms with Gasteiger partial charge in [-0.05, 0) is 6.07 Å². The molecular formula is C10H11N3O2. The zero-order valence-electron chi connectivity index (χ0n) is 8.29. The van der Waals surface area contributed by atoms with Crippen molar-refractivity contribution in [3.63, 3.8) is 0 Å². The molecule has 2 aromatic heterocycles. The number of aromatic nitrogens is 3. The Kier molecular flexibility index (Phi) is 2.64. The van der Waals surface area contributed by atoms with Crippen molar-refractivity contribution in [2.45, 2.75) is 0 Å². The minimum Gasteiger partial charge on any atom is -0.468 e. The summed E-state index contributed by atoms with van der Waals surface area (Å²) in [4.78, 5) is 4.19. The van der Waals surface area contributed by atoms with E-state index in [2.05, 4.69) is 10.1 Å². The zero-order chi connectivity index (χ0) is 10.7. The Labute approximate surface area is 87.0 Å². The highest BCUT2D eigenvalue weighted by molar-refractivity contribution is 5.58. The van der Waals surface area contributed by atoms with Crippen molar-refractivity contribution in [1.29, 1.82) is 0 Å². The van der Waals surface area contributed by atoms with Crippen LogP contribution in [0, 0.1) is 0 Å². The zero-order valence-corrected chi connectivity index (χ0v) is 8.29. The summed E-state index contributed by atoms with van der Waals surface area (Å²) < 4.78 is 6.67. The van der Waals surface area contributed by atoms with Gasteiger partial charge in [0.15, 0.2) is 6.79 Å². The van der Waals surface area contributed by atoms with E-state index < -0.39 is 0 Å². The smallest absolute Gasteiger partial charge is 0.186 e. The number of pyridine rings is 1. The second-order valence-electron chi connectivity index (χ2n) is 3.05. The average Bonchev–Trinajstić information content (AvgIpc) is 2.66. The third-order valence-electron chi connectivity index (χ3n) is 1.96. The lowest BCUT2D eigenvalue weighted by atomic mass is 10.2. The van der Waals surface area contributed by atoms with Crippen LogP contribution in [0.25, 0.3) is 11.3 Å². The normalized spacial score (nSPS) is 10.3. The standard InChI is InChI=1S/C10H11N3O2/c1-13-6-8(5-12-13)10-4-9(15-7-14)2-3-11-10/h2-6,14H,7H2,1H3. The topological polar surface area (TPSA) is 60.2 Å². The van der Waals surface area contributed by atoms with E-state index in [4.69, 9.17) is 9.84 Å². The van der Waals surface area contributed by atoms with Crippen molar-refractivity contribution >= 4 is 0 Å². The van der Waals surface area contributed by atoms with Gasteiger partial charge in [0, 0.05) is 31.1 Å². The summed E-state index contributed by atoms with van der Waals surface area (Å²) >= 11 is 0. The predicted molar refractivity (Wildman–Crippen MR) is 54.2 cm³/mol. The number of ether oxygens (including phenoxy) is 1. The first-order valence-electron chi connectivity index (χ1n) is 4.48. The van der Waals surface area contributed by atoms with E-state index in [1.807, 2.05) is 13.2 Å². The Morgan fingerprint density at radius 2 is 2.40 bits per heavy atom. The first-order chi connectivity index (χ1) is 7.29. The molecule has 2 rings (SSSR count). The fourth-order valence-electron chi connectivity index (χ4n) is 1.29. The monoisotopic (exact) mass is 205 g/mol.